The Morgan fingerprint density at radius 3 is 1.77 bits per heavy atom. The van der Waals surface area contributed by atoms with Gasteiger partial charge in [-0.25, -0.2) is 9.59 Å². The molecule has 3 aromatic carbocycles. The maximum absolute atomic E-state index is 15.1. The number of amides is 3. The Bertz CT molecular complexity index is 1630. The molecule has 0 aliphatic carbocycles. The van der Waals surface area contributed by atoms with Crippen molar-refractivity contribution in [2.24, 2.45) is 0 Å². The van der Waals surface area contributed by atoms with Gasteiger partial charge < -0.3 is 25.0 Å². The summed E-state index contributed by atoms with van der Waals surface area (Å²) in [6.45, 7) is 16.9. The normalized spacial score (nSPS) is 13.3. The lowest BCUT2D eigenvalue weighted by Crippen LogP contribution is -2.55. The molecule has 9 nitrogen and oxygen atoms in total. The van der Waals surface area contributed by atoms with Crippen LogP contribution in [0.25, 0.3) is 0 Å². The van der Waals surface area contributed by atoms with Gasteiger partial charge in [0.15, 0.2) is 0 Å². The van der Waals surface area contributed by atoms with Gasteiger partial charge in [-0.05, 0) is 84.1 Å². The van der Waals surface area contributed by atoms with E-state index in [4.69, 9.17) is 9.47 Å². The summed E-state index contributed by atoms with van der Waals surface area (Å²) in [6, 6.07) is 21.5. The molecule has 3 rings (SSSR count). The standard InChI is InChI=1S/C44H61N3O6/c1-10-11-12-13-20-27-47(40(49)36(29-33-21-16-14-17-22-33)46-42(51)53-44(7,8)9)38(35-28-31(2)25-26-32(35)3)39(48)45-37(41(50)52-43(4,5)6)30-34-23-18-15-19-24-34/h14-19,21-26,28,36-38H,10-13,20,27,29-30H2,1-9H3,(H,45,48)(H,46,51). The van der Waals surface area contributed by atoms with E-state index in [1.54, 1.807) is 46.4 Å². The first-order valence-electron chi connectivity index (χ1n) is 19.0. The highest BCUT2D eigenvalue weighted by molar-refractivity contribution is 5.94. The molecule has 0 spiro atoms. The first-order valence-corrected chi connectivity index (χ1v) is 19.0. The van der Waals surface area contributed by atoms with Gasteiger partial charge in [0.1, 0.15) is 29.3 Å². The number of nitrogens with one attached hydrogen (secondary N) is 2. The second-order valence-electron chi connectivity index (χ2n) is 15.9. The molecule has 0 aliphatic heterocycles. The Labute approximate surface area is 317 Å². The SMILES string of the molecule is CCCCCCCN(C(=O)C(Cc1ccccc1)NC(=O)OC(C)(C)C)C(C(=O)NC(Cc1ccccc1)C(=O)OC(C)(C)C)c1cc(C)ccc1C. The second kappa shape index (κ2) is 20.0. The topological polar surface area (TPSA) is 114 Å². The zero-order valence-electron chi connectivity index (χ0n) is 33.3. The fourth-order valence-electron chi connectivity index (χ4n) is 6.12. The van der Waals surface area contributed by atoms with Gasteiger partial charge in [-0.3, -0.25) is 9.59 Å². The van der Waals surface area contributed by atoms with Crippen LogP contribution in [-0.2, 0) is 36.7 Å². The largest absolute Gasteiger partial charge is 0.458 e. The highest BCUT2D eigenvalue weighted by atomic mass is 16.6. The van der Waals surface area contributed by atoms with Crippen molar-refractivity contribution in [3.63, 3.8) is 0 Å². The Balaban J connectivity index is 2.16. The van der Waals surface area contributed by atoms with Crippen LogP contribution in [0.15, 0.2) is 78.9 Å². The summed E-state index contributed by atoms with van der Waals surface area (Å²) in [5.74, 6) is -1.50. The molecule has 3 unspecified atom stereocenters. The second-order valence-corrected chi connectivity index (χ2v) is 15.9. The summed E-state index contributed by atoms with van der Waals surface area (Å²) in [5, 5.41) is 5.86. The Morgan fingerprint density at radius 2 is 1.23 bits per heavy atom. The van der Waals surface area contributed by atoms with Crippen LogP contribution in [0.4, 0.5) is 4.79 Å². The van der Waals surface area contributed by atoms with Gasteiger partial charge >= 0.3 is 12.1 Å². The van der Waals surface area contributed by atoms with Gasteiger partial charge in [0.25, 0.3) is 0 Å². The fraction of sp³-hybridized carbons (Fsp3) is 0.500. The smallest absolute Gasteiger partial charge is 0.408 e. The maximum Gasteiger partial charge on any atom is 0.408 e. The molecule has 0 saturated carbocycles. The number of alkyl carbamates (subject to hydrolysis) is 1. The molecule has 3 atom stereocenters. The summed E-state index contributed by atoms with van der Waals surface area (Å²) >= 11 is 0. The summed E-state index contributed by atoms with van der Waals surface area (Å²) in [4.78, 5) is 58.6. The van der Waals surface area contributed by atoms with Crippen LogP contribution in [0.5, 0.6) is 0 Å². The van der Waals surface area contributed by atoms with E-state index in [1.807, 2.05) is 92.7 Å². The van der Waals surface area contributed by atoms with Crippen LogP contribution >= 0.6 is 0 Å². The number of benzene rings is 3. The van der Waals surface area contributed by atoms with E-state index < -0.39 is 53.2 Å². The van der Waals surface area contributed by atoms with Crippen LogP contribution in [0, 0.1) is 13.8 Å². The van der Waals surface area contributed by atoms with Crippen LogP contribution in [-0.4, -0.2) is 58.6 Å². The minimum Gasteiger partial charge on any atom is -0.458 e. The number of esters is 1. The Morgan fingerprint density at radius 1 is 0.679 bits per heavy atom. The third kappa shape index (κ3) is 14.7. The van der Waals surface area contributed by atoms with Gasteiger partial charge in [-0.2, -0.15) is 0 Å². The van der Waals surface area contributed by atoms with Gasteiger partial charge in [-0.1, -0.05) is 117 Å². The van der Waals surface area contributed by atoms with Crippen LogP contribution in [0.3, 0.4) is 0 Å². The number of hydrogen-bond acceptors (Lipinski definition) is 6. The van der Waals surface area contributed by atoms with Gasteiger partial charge in [-0.15, -0.1) is 0 Å². The van der Waals surface area contributed by atoms with E-state index in [1.165, 1.54) is 0 Å². The van der Waals surface area contributed by atoms with E-state index in [2.05, 4.69) is 17.6 Å². The minimum absolute atomic E-state index is 0.181. The van der Waals surface area contributed by atoms with Crippen molar-refractivity contribution in [1.82, 2.24) is 15.5 Å². The average Bonchev–Trinajstić information content (AvgIpc) is 3.07. The van der Waals surface area contributed by atoms with Crippen LogP contribution in [0.2, 0.25) is 0 Å². The summed E-state index contributed by atoms with van der Waals surface area (Å²) in [6.07, 6.45) is 4.26. The molecule has 0 fully saturated rings. The van der Waals surface area contributed by atoms with Crippen molar-refractivity contribution in [3.8, 4) is 0 Å². The predicted molar refractivity (Wildman–Crippen MR) is 210 cm³/mol. The summed E-state index contributed by atoms with van der Waals surface area (Å²) < 4.78 is 11.4. The molecule has 0 saturated heterocycles. The number of unbranched alkanes of at least 4 members (excludes halogenated alkanes) is 4. The number of carbonyl (C=O) groups is 4. The molecular weight excluding hydrogens is 666 g/mol. The lowest BCUT2D eigenvalue weighted by molar-refractivity contribution is -0.159. The molecule has 53 heavy (non-hydrogen) atoms. The first kappa shape index (κ1) is 42.8. The van der Waals surface area contributed by atoms with E-state index in [-0.39, 0.29) is 19.4 Å². The first-order chi connectivity index (χ1) is 25.0. The van der Waals surface area contributed by atoms with Gasteiger partial charge in [0.2, 0.25) is 11.8 Å². The quantitative estimate of drug-likeness (QED) is 0.107. The third-order valence-electron chi connectivity index (χ3n) is 8.64. The number of hydrogen-bond donors (Lipinski definition) is 2. The molecule has 9 heteroatoms. The number of carbonyl (C=O) groups excluding carboxylic acids is 4. The van der Waals surface area contributed by atoms with E-state index in [0.29, 0.717) is 12.0 Å². The molecule has 0 aliphatic rings. The molecular formula is C44H61N3O6. The van der Waals surface area contributed by atoms with Crippen molar-refractivity contribution in [1.29, 1.82) is 0 Å². The number of rotatable bonds is 17. The van der Waals surface area contributed by atoms with E-state index in [0.717, 1.165) is 47.9 Å². The molecule has 0 heterocycles. The fourth-order valence-corrected chi connectivity index (χ4v) is 6.12. The molecule has 0 bridgehead atoms. The number of nitrogens with zero attached hydrogens (tertiary/aromatic N) is 1. The minimum atomic E-state index is -1.12. The van der Waals surface area contributed by atoms with Crippen molar-refractivity contribution < 1.29 is 28.7 Å². The Kier molecular flexibility index (Phi) is 16.1. The molecule has 288 valence electrons. The molecule has 2 N–H and O–H groups in total. The number of ether oxygens (including phenoxy) is 2. The molecule has 0 aromatic heterocycles. The zero-order chi connectivity index (χ0) is 39.2. The van der Waals surface area contributed by atoms with Gasteiger partial charge in [0, 0.05) is 19.4 Å². The van der Waals surface area contributed by atoms with Crippen molar-refractivity contribution in [2.45, 2.75) is 137 Å². The van der Waals surface area contributed by atoms with Gasteiger partial charge in [0.05, 0.1) is 0 Å². The number of aryl methyl sites for hydroxylation is 2. The van der Waals surface area contributed by atoms with E-state index >= 15 is 4.79 Å². The molecule has 3 amide bonds. The maximum atomic E-state index is 15.1. The van der Waals surface area contributed by atoms with Crippen molar-refractivity contribution >= 4 is 23.9 Å². The molecule has 0 radical (unpaired) electrons. The lowest BCUT2D eigenvalue weighted by atomic mass is 9.94. The zero-order valence-corrected chi connectivity index (χ0v) is 33.3. The average molecular weight is 728 g/mol. The summed E-state index contributed by atoms with van der Waals surface area (Å²) in [5.41, 5.74) is 2.48. The van der Waals surface area contributed by atoms with Crippen molar-refractivity contribution in [2.75, 3.05) is 6.54 Å². The Hall–Kier alpha value is -4.66. The van der Waals surface area contributed by atoms with E-state index in [9.17, 15) is 14.4 Å². The lowest BCUT2D eigenvalue weighted by Gasteiger charge is -2.36. The third-order valence-corrected chi connectivity index (χ3v) is 8.64. The summed E-state index contributed by atoms with van der Waals surface area (Å²) in [7, 11) is 0. The monoisotopic (exact) mass is 727 g/mol. The predicted octanol–water partition coefficient (Wildman–Crippen LogP) is 8.35. The van der Waals surface area contributed by atoms with Crippen LogP contribution in [0.1, 0.15) is 114 Å². The van der Waals surface area contributed by atoms with Crippen molar-refractivity contribution in [3.05, 3.63) is 107 Å². The molecule has 3 aromatic rings. The highest BCUT2D eigenvalue weighted by Gasteiger charge is 2.39. The highest BCUT2D eigenvalue weighted by Crippen LogP contribution is 2.29. The van der Waals surface area contributed by atoms with Crippen LogP contribution < -0.4 is 10.6 Å².